The van der Waals surface area contributed by atoms with E-state index in [1.165, 1.54) is 38.5 Å². The van der Waals surface area contributed by atoms with Crippen molar-refractivity contribution in [2.45, 2.75) is 58.0 Å². The Balaban J connectivity index is 1.33. The summed E-state index contributed by atoms with van der Waals surface area (Å²) in [5.41, 5.74) is 1.42. The van der Waals surface area contributed by atoms with E-state index >= 15 is 0 Å². The van der Waals surface area contributed by atoms with E-state index in [0.717, 1.165) is 28.3 Å². The minimum Gasteiger partial charge on any atom is -0.335 e. The molecule has 0 saturated heterocycles. The maximum absolute atomic E-state index is 12.3. The van der Waals surface area contributed by atoms with E-state index < -0.39 is 0 Å². The summed E-state index contributed by atoms with van der Waals surface area (Å²) >= 11 is 5.89. The molecule has 4 saturated carbocycles. The normalized spacial score (nSPS) is 34.8. The molecule has 1 aromatic carbocycles. The first kappa shape index (κ1) is 16.3. The molecule has 0 aromatic heterocycles. The minimum atomic E-state index is -0.0480. The predicted octanol–water partition coefficient (Wildman–Crippen LogP) is 4.74. The summed E-state index contributed by atoms with van der Waals surface area (Å²) in [4.78, 5) is 12.3. The Kier molecular flexibility index (Phi) is 4.24. The van der Waals surface area contributed by atoms with Crippen LogP contribution in [-0.2, 0) is 6.54 Å². The van der Waals surface area contributed by atoms with Gasteiger partial charge in [0, 0.05) is 17.6 Å². The minimum absolute atomic E-state index is 0.0480. The molecule has 5 rings (SSSR count). The Morgan fingerprint density at radius 1 is 1.12 bits per heavy atom. The van der Waals surface area contributed by atoms with E-state index in [-0.39, 0.29) is 12.1 Å². The molecule has 1 aromatic rings. The molecule has 4 fully saturated rings. The summed E-state index contributed by atoms with van der Waals surface area (Å²) in [5.74, 6) is 2.74. The second-order valence-corrected chi connectivity index (χ2v) is 8.89. The molecule has 3 nitrogen and oxygen atoms in total. The molecule has 0 spiro atoms. The molecular weight excluding hydrogens is 320 g/mol. The first-order chi connectivity index (χ1) is 11.5. The molecule has 4 heteroatoms. The molecule has 2 N–H and O–H groups in total. The zero-order valence-corrected chi connectivity index (χ0v) is 15.1. The zero-order valence-electron chi connectivity index (χ0n) is 14.4. The molecule has 0 heterocycles. The van der Waals surface area contributed by atoms with Gasteiger partial charge in [-0.2, -0.15) is 0 Å². The predicted molar refractivity (Wildman–Crippen MR) is 96.9 cm³/mol. The van der Waals surface area contributed by atoms with Crippen LogP contribution in [0.4, 0.5) is 4.79 Å². The zero-order chi connectivity index (χ0) is 16.7. The van der Waals surface area contributed by atoms with E-state index in [0.29, 0.717) is 12.0 Å². The van der Waals surface area contributed by atoms with Gasteiger partial charge in [0.25, 0.3) is 0 Å². The van der Waals surface area contributed by atoms with Crippen LogP contribution in [0, 0.1) is 23.2 Å². The van der Waals surface area contributed by atoms with Crippen LogP contribution in [0.15, 0.2) is 24.3 Å². The van der Waals surface area contributed by atoms with Crippen molar-refractivity contribution in [2.24, 2.45) is 23.2 Å². The summed E-state index contributed by atoms with van der Waals surface area (Å²) in [6, 6.07) is 7.82. The van der Waals surface area contributed by atoms with Crippen molar-refractivity contribution < 1.29 is 4.79 Å². The van der Waals surface area contributed by atoms with Crippen LogP contribution >= 0.6 is 11.6 Å². The first-order valence-electron chi connectivity index (χ1n) is 9.31. The van der Waals surface area contributed by atoms with Gasteiger partial charge in [0.2, 0.25) is 0 Å². The number of benzene rings is 1. The average Bonchev–Trinajstić information content (AvgIpc) is 2.53. The summed E-state index contributed by atoms with van der Waals surface area (Å²) in [7, 11) is 0. The van der Waals surface area contributed by atoms with E-state index in [9.17, 15) is 4.79 Å². The Hall–Kier alpha value is -1.22. The monoisotopic (exact) mass is 346 g/mol. The summed E-state index contributed by atoms with van der Waals surface area (Å²) in [6.45, 7) is 2.76. The summed E-state index contributed by atoms with van der Waals surface area (Å²) in [6.07, 6.45) is 8.27. The van der Waals surface area contributed by atoms with Crippen molar-refractivity contribution in [3.8, 4) is 0 Å². The number of hydrogen-bond acceptors (Lipinski definition) is 1. The number of amides is 2. The molecule has 4 aliphatic rings. The van der Waals surface area contributed by atoms with Gasteiger partial charge in [-0.05, 0) is 86.3 Å². The fourth-order valence-corrected chi connectivity index (χ4v) is 6.02. The summed E-state index contributed by atoms with van der Waals surface area (Å²) in [5, 5.41) is 6.95. The number of carbonyl (C=O) groups excluding carboxylic acids is 1. The van der Waals surface area contributed by atoms with Crippen LogP contribution in [0.3, 0.4) is 0 Å². The molecule has 2 amide bonds. The lowest BCUT2D eigenvalue weighted by Crippen LogP contribution is -2.57. The lowest BCUT2D eigenvalue weighted by molar-refractivity contribution is -0.0682. The number of nitrogens with one attached hydrogen (secondary N) is 2. The van der Waals surface area contributed by atoms with Crippen LogP contribution < -0.4 is 10.6 Å². The Morgan fingerprint density at radius 3 is 2.21 bits per heavy atom. The fourth-order valence-electron chi connectivity index (χ4n) is 5.89. The third kappa shape index (κ3) is 3.15. The summed E-state index contributed by atoms with van der Waals surface area (Å²) < 4.78 is 0. The van der Waals surface area contributed by atoms with Gasteiger partial charge in [0.05, 0.1) is 0 Å². The highest BCUT2D eigenvalue weighted by atomic mass is 35.5. The Labute approximate surface area is 149 Å². The number of hydrogen-bond donors (Lipinski definition) is 2. The molecule has 130 valence electrons. The second-order valence-electron chi connectivity index (χ2n) is 8.46. The van der Waals surface area contributed by atoms with Crippen LogP contribution in [0.5, 0.6) is 0 Å². The van der Waals surface area contributed by atoms with Gasteiger partial charge in [-0.1, -0.05) is 23.7 Å². The molecular formula is C20H27ClN2O. The lowest BCUT2D eigenvalue weighted by Gasteiger charge is -2.59. The molecule has 4 aliphatic carbocycles. The van der Waals surface area contributed by atoms with Crippen molar-refractivity contribution in [2.75, 3.05) is 0 Å². The van der Waals surface area contributed by atoms with E-state index in [1.807, 2.05) is 24.3 Å². The van der Waals surface area contributed by atoms with E-state index in [2.05, 4.69) is 17.6 Å². The Morgan fingerprint density at radius 2 is 1.67 bits per heavy atom. The standard InChI is InChI=1S/C20H27ClN2O/c1-13(20-9-15-6-16(10-20)8-17(7-15)11-20)23-19(24)22-12-14-2-4-18(21)5-3-14/h2-5,13,15-17H,6-12H2,1H3,(H2,22,23,24). The van der Waals surface area contributed by atoms with E-state index in [4.69, 9.17) is 11.6 Å². The highest BCUT2D eigenvalue weighted by Crippen LogP contribution is 2.61. The lowest BCUT2D eigenvalue weighted by atomic mass is 9.48. The van der Waals surface area contributed by atoms with Gasteiger partial charge in [-0.3, -0.25) is 0 Å². The number of rotatable bonds is 4. The van der Waals surface area contributed by atoms with Gasteiger partial charge in [-0.15, -0.1) is 0 Å². The molecule has 0 radical (unpaired) electrons. The molecule has 4 bridgehead atoms. The van der Waals surface area contributed by atoms with Crippen molar-refractivity contribution in [3.63, 3.8) is 0 Å². The average molecular weight is 347 g/mol. The smallest absolute Gasteiger partial charge is 0.315 e. The van der Waals surface area contributed by atoms with Crippen molar-refractivity contribution in [1.29, 1.82) is 0 Å². The third-order valence-electron chi connectivity index (χ3n) is 6.72. The van der Waals surface area contributed by atoms with Crippen molar-refractivity contribution in [3.05, 3.63) is 34.9 Å². The van der Waals surface area contributed by atoms with Gasteiger partial charge in [-0.25, -0.2) is 4.79 Å². The van der Waals surface area contributed by atoms with Gasteiger partial charge in [0.15, 0.2) is 0 Å². The highest BCUT2D eigenvalue weighted by Gasteiger charge is 2.53. The van der Waals surface area contributed by atoms with Crippen LogP contribution in [-0.4, -0.2) is 12.1 Å². The second kappa shape index (κ2) is 6.25. The third-order valence-corrected chi connectivity index (χ3v) is 6.97. The maximum Gasteiger partial charge on any atom is 0.315 e. The number of halogens is 1. The van der Waals surface area contributed by atoms with Gasteiger partial charge < -0.3 is 10.6 Å². The topological polar surface area (TPSA) is 41.1 Å². The fraction of sp³-hybridized carbons (Fsp3) is 0.650. The quantitative estimate of drug-likeness (QED) is 0.812. The first-order valence-corrected chi connectivity index (χ1v) is 9.69. The van der Waals surface area contributed by atoms with Crippen molar-refractivity contribution >= 4 is 17.6 Å². The largest absolute Gasteiger partial charge is 0.335 e. The van der Waals surface area contributed by atoms with Gasteiger partial charge >= 0.3 is 6.03 Å². The molecule has 1 unspecified atom stereocenters. The van der Waals surface area contributed by atoms with Crippen LogP contribution in [0.2, 0.25) is 5.02 Å². The molecule has 1 atom stereocenters. The maximum atomic E-state index is 12.3. The molecule has 24 heavy (non-hydrogen) atoms. The highest BCUT2D eigenvalue weighted by molar-refractivity contribution is 6.30. The van der Waals surface area contributed by atoms with Crippen LogP contribution in [0.25, 0.3) is 0 Å². The number of urea groups is 1. The molecule has 0 aliphatic heterocycles. The van der Waals surface area contributed by atoms with Crippen molar-refractivity contribution in [1.82, 2.24) is 10.6 Å². The van der Waals surface area contributed by atoms with Gasteiger partial charge in [0.1, 0.15) is 0 Å². The van der Waals surface area contributed by atoms with E-state index in [1.54, 1.807) is 0 Å². The van der Waals surface area contributed by atoms with Crippen LogP contribution in [0.1, 0.15) is 51.0 Å². The SMILES string of the molecule is CC(NC(=O)NCc1ccc(Cl)cc1)C12CC3CC(CC(C3)C1)C2. The number of carbonyl (C=O) groups is 1. The Bertz CT molecular complexity index is 577.